The van der Waals surface area contributed by atoms with Gasteiger partial charge in [0.15, 0.2) is 0 Å². The number of rotatable bonds is 6. The number of phenolic OH excluding ortho intramolecular Hbond substituents is 1. The van der Waals surface area contributed by atoms with Crippen molar-refractivity contribution in [1.82, 2.24) is 5.32 Å². The zero-order valence-corrected chi connectivity index (χ0v) is 11.1. The second-order valence-corrected chi connectivity index (χ2v) is 4.96. The zero-order valence-electron chi connectivity index (χ0n) is 11.1. The summed E-state index contributed by atoms with van der Waals surface area (Å²) >= 11 is 0. The lowest BCUT2D eigenvalue weighted by molar-refractivity contribution is -0.120. The van der Waals surface area contributed by atoms with E-state index >= 15 is 0 Å². The minimum Gasteiger partial charge on any atom is -0.508 e. The summed E-state index contributed by atoms with van der Waals surface area (Å²) in [5.74, 6) is 0.357. The Morgan fingerprint density at radius 2 is 2.16 bits per heavy atom. The van der Waals surface area contributed by atoms with Gasteiger partial charge in [0.25, 0.3) is 0 Å². The summed E-state index contributed by atoms with van der Waals surface area (Å²) < 4.78 is 5.70. The molecule has 0 unspecified atom stereocenters. The third kappa shape index (κ3) is 5.01. The number of carbonyl (C=O) groups is 1. The quantitative estimate of drug-likeness (QED) is 0.819. The highest BCUT2D eigenvalue weighted by Gasteiger charge is 2.13. The van der Waals surface area contributed by atoms with Gasteiger partial charge in [0, 0.05) is 12.8 Å². The number of benzene rings is 1. The molecule has 1 aromatic rings. The SMILES string of the molecule is O=C(CCOC1CCNCC1)Cc1cccc(O)c1. The smallest absolute Gasteiger partial charge is 0.139 e. The van der Waals surface area contributed by atoms with Crippen molar-refractivity contribution in [3.63, 3.8) is 0 Å². The third-order valence-electron chi connectivity index (χ3n) is 3.33. The average Bonchev–Trinajstić information content (AvgIpc) is 2.40. The Bertz CT molecular complexity index is 414. The van der Waals surface area contributed by atoms with E-state index in [-0.39, 0.29) is 11.5 Å². The van der Waals surface area contributed by atoms with Crippen molar-refractivity contribution in [2.45, 2.75) is 31.8 Å². The molecule has 104 valence electrons. The topological polar surface area (TPSA) is 58.6 Å². The maximum Gasteiger partial charge on any atom is 0.139 e. The standard InChI is InChI=1S/C15H21NO3/c17-13-3-1-2-12(10-13)11-14(18)6-9-19-15-4-7-16-8-5-15/h1-3,10,15-17H,4-9,11H2. The van der Waals surface area contributed by atoms with Crippen molar-refractivity contribution in [2.24, 2.45) is 0 Å². The minimum atomic E-state index is 0.152. The summed E-state index contributed by atoms with van der Waals surface area (Å²) in [4.78, 5) is 11.8. The van der Waals surface area contributed by atoms with Crippen molar-refractivity contribution < 1.29 is 14.6 Å². The molecule has 1 aliphatic rings. The number of piperidine rings is 1. The van der Waals surface area contributed by atoms with Crippen LogP contribution in [0.2, 0.25) is 0 Å². The number of hydrogen-bond acceptors (Lipinski definition) is 4. The Kier molecular flexibility index (Phi) is 5.36. The predicted octanol–water partition coefficient (Wildman–Crippen LogP) is 1.66. The maximum atomic E-state index is 11.8. The monoisotopic (exact) mass is 263 g/mol. The van der Waals surface area contributed by atoms with Crippen molar-refractivity contribution in [2.75, 3.05) is 19.7 Å². The third-order valence-corrected chi connectivity index (χ3v) is 3.33. The van der Waals surface area contributed by atoms with Crippen LogP contribution in [0.5, 0.6) is 5.75 Å². The minimum absolute atomic E-state index is 0.152. The molecule has 4 heteroatoms. The van der Waals surface area contributed by atoms with Gasteiger partial charge >= 0.3 is 0 Å². The molecule has 1 saturated heterocycles. The van der Waals surface area contributed by atoms with Crippen molar-refractivity contribution in [3.05, 3.63) is 29.8 Å². The summed E-state index contributed by atoms with van der Waals surface area (Å²) in [7, 11) is 0. The van der Waals surface area contributed by atoms with Gasteiger partial charge in [-0.05, 0) is 43.6 Å². The Labute approximate surface area is 113 Å². The first-order valence-electron chi connectivity index (χ1n) is 6.86. The van der Waals surface area contributed by atoms with Gasteiger partial charge in [-0.25, -0.2) is 0 Å². The fourth-order valence-corrected chi connectivity index (χ4v) is 2.28. The maximum absolute atomic E-state index is 11.8. The number of aromatic hydroxyl groups is 1. The highest BCUT2D eigenvalue weighted by molar-refractivity contribution is 5.81. The van der Waals surface area contributed by atoms with E-state index in [9.17, 15) is 9.90 Å². The van der Waals surface area contributed by atoms with Gasteiger partial charge in [0.05, 0.1) is 12.7 Å². The largest absolute Gasteiger partial charge is 0.508 e. The molecule has 1 heterocycles. The van der Waals surface area contributed by atoms with Gasteiger partial charge in [-0.2, -0.15) is 0 Å². The summed E-state index contributed by atoms with van der Waals surface area (Å²) in [5.41, 5.74) is 0.854. The molecule has 1 fully saturated rings. The lowest BCUT2D eigenvalue weighted by Crippen LogP contribution is -2.32. The Morgan fingerprint density at radius 1 is 1.37 bits per heavy atom. The molecule has 1 aromatic carbocycles. The Balaban J connectivity index is 1.67. The lowest BCUT2D eigenvalue weighted by atomic mass is 10.1. The van der Waals surface area contributed by atoms with Gasteiger partial charge in [0.1, 0.15) is 11.5 Å². The number of ketones is 1. The van der Waals surface area contributed by atoms with Gasteiger partial charge in [0.2, 0.25) is 0 Å². The van der Waals surface area contributed by atoms with Crippen LogP contribution in [-0.2, 0) is 16.0 Å². The summed E-state index contributed by atoms with van der Waals surface area (Å²) in [6, 6.07) is 6.84. The van der Waals surface area contributed by atoms with E-state index in [2.05, 4.69) is 5.32 Å². The zero-order chi connectivity index (χ0) is 13.5. The van der Waals surface area contributed by atoms with Gasteiger partial charge in [-0.15, -0.1) is 0 Å². The summed E-state index contributed by atoms with van der Waals surface area (Å²) in [6.07, 6.45) is 3.17. The number of carbonyl (C=O) groups excluding carboxylic acids is 1. The number of hydrogen-bond donors (Lipinski definition) is 2. The van der Waals surface area contributed by atoms with E-state index in [4.69, 9.17) is 4.74 Å². The van der Waals surface area contributed by atoms with Crippen LogP contribution in [0.25, 0.3) is 0 Å². The van der Waals surface area contributed by atoms with Crippen LogP contribution in [0, 0.1) is 0 Å². The van der Waals surface area contributed by atoms with Crippen LogP contribution < -0.4 is 5.32 Å². The molecular formula is C15H21NO3. The Hall–Kier alpha value is -1.39. The number of ether oxygens (including phenoxy) is 1. The van der Waals surface area contributed by atoms with E-state index in [0.717, 1.165) is 31.5 Å². The van der Waals surface area contributed by atoms with Crippen LogP contribution in [0.3, 0.4) is 0 Å². The highest BCUT2D eigenvalue weighted by atomic mass is 16.5. The summed E-state index contributed by atoms with van der Waals surface area (Å²) in [6.45, 7) is 2.51. The molecule has 0 aliphatic carbocycles. The summed E-state index contributed by atoms with van der Waals surface area (Å²) in [5, 5.41) is 12.6. The normalized spacial score (nSPS) is 16.4. The van der Waals surface area contributed by atoms with E-state index < -0.39 is 0 Å². The first-order valence-corrected chi connectivity index (χ1v) is 6.86. The molecule has 2 N–H and O–H groups in total. The second kappa shape index (κ2) is 7.26. The molecule has 0 spiro atoms. The molecule has 19 heavy (non-hydrogen) atoms. The molecule has 2 rings (SSSR count). The average molecular weight is 263 g/mol. The fraction of sp³-hybridized carbons (Fsp3) is 0.533. The Morgan fingerprint density at radius 3 is 2.89 bits per heavy atom. The fourth-order valence-electron chi connectivity index (χ4n) is 2.28. The predicted molar refractivity (Wildman–Crippen MR) is 73.3 cm³/mol. The molecule has 0 aromatic heterocycles. The second-order valence-electron chi connectivity index (χ2n) is 4.96. The molecular weight excluding hydrogens is 242 g/mol. The first kappa shape index (κ1) is 14.0. The van der Waals surface area contributed by atoms with Crippen LogP contribution in [0.4, 0.5) is 0 Å². The molecule has 1 aliphatic heterocycles. The molecule has 0 saturated carbocycles. The van der Waals surface area contributed by atoms with Crippen LogP contribution in [-0.4, -0.2) is 36.7 Å². The molecule has 0 atom stereocenters. The first-order chi connectivity index (χ1) is 9.24. The van der Waals surface area contributed by atoms with Crippen molar-refractivity contribution >= 4 is 5.78 Å². The van der Waals surface area contributed by atoms with E-state index in [1.54, 1.807) is 18.2 Å². The molecule has 0 amide bonds. The van der Waals surface area contributed by atoms with Crippen LogP contribution in [0.15, 0.2) is 24.3 Å². The van der Waals surface area contributed by atoms with E-state index in [1.165, 1.54) is 0 Å². The van der Waals surface area contributed by atoms with Crippen LogP contribution in [0.1, 0.15) is 24.8 Å². The van der Waals surface area contributed by atoms with E-state index in [0.29, 0.717) is 25.6 Å². The number of phenols is 1. The molecule has 4 nitrogen and oxygen atoms in total. The van der Waals surface area contributed by atoms with Crippen molar-refractivity contribution in [3.8, 4) is 5.75 Å². The number of nitrogens with one attached hydrogen (secondary N) is 1. The number of Topliss-reactive ketones (excluding diaryl/α,β-unsaturated/α-hetero) is 1. The molecule has 0 radical (unpaired) electrons. The lowest BCUT2D eigenvalue weighted by Gasteiger charge is -2.22. The van der Waals surface area contributed by atoms with E-state index in [1.807, 2.05) is 6.07 Å². The van der Waals surface area contributed by atoms with Crippen molar-refractivity contribution in [1.29, 1.82) is 0 Å². The highest BCUT2D eigenvalue weighted by Crippen LogP contribution is 2.12. The molecule has 0 bridgehead atoms. The van der Waals surface area contributed by atoms with Gasteiger partial charge in [-0.3, -0.25) is 4.79 Å². The van der Waals surface area contributed by atoms with Gasteiger partial charge in [-0.1, -0.05) is 12.1 Å². The van der Waals surface area contributed by atoms with Gasteiger partial charge < -0.3 is 15.2 Å². The van der Waals surface area contributed by atoms with Crippen LogP contribution >= 0.6 is 0 Å².